The van der Waals surface area contributed by atoms with E-state index in [0.29, 0.717) is 6.54 Å². The molecule has 0 aliphatic heterocycles. The molecule has 0 aromatic heterocycles. The van der Waals surface area contributed by atoms with Gasteiger partial charge in [0.05, 0.1) is 9.37 Å². The van der Waals surface area contributed by atoms with Crippen molar-refractivity contribution in [2.75, 3.05) is 6.54 Å². The molecule has 0 spiro atoms. The number of rotatable bonds is 4. The summed E-state index contributed by atoms with van der Waals surface area (Å²) in [5, 5.41) is 0. The van der Waals surface area contributed by atoms with Crippen LogP contribution >= 0.6 is 15.9 Å². The lowest BCUT2D eigenvalue weighted by Gasteiger charge is -2.19. The Hall–Kier alpha value is -0.500. The van der Waals surface area contributed by atoms with Crippen molar-refractivity contribution in [2.24, 2.45) is 11.7 Å². The first-order valence-corrected chi connectivity index (χ1v) is 8.39. The summed E-state index contributed by atoms with van der Waals surface area (Å²) < 4.78 is 40.6. The van der Waals surface area contributed by atoms with Crippen LogP contribution in [0.25, 0.3) is 0 Å². The molecule has 0 heterocycles. The van der Waals surface area contributed by atoms with Crippen molar-refractivity contribution in [3.8, 4) is 0 Å². The van der Waals surface area contributed by atoms with Crippen LogP contribution in [0.5, 0.6) is 0 Å². The molecule has 4 nitrogen and oxygen atoms in total. The molecule has 0 radical (unpaired) electrons. The van der Waals surface area contributed by atoms with Crippen molar-refractivity contribution in [2.45, 2.75) is 30.2 Å². The second-order valence-electron chi connectivity index (χ2n) is 4.73. The zero-order valence-electron chi connectivity index (χ0n) is 10.3. The van der Waals surface area contributed by atoms with Gasteiger partial charge in [-0.15, -0.1) is 0 Å². The zero-order valence-corrected chi connectivity index (χ0v) is 12.7. The van der Waals surface area contributed by atoms with Crippen LogP contribution in [-0.2, 0) is 10.0 Å². The molecular weight excluding hydrogens is 335 g/mol. The van der Waals surface area contributed by atoms with Crippen LogP contribution < -0.4 is 10.5 Å². The Morgan fingerprint density at radius 1 is 1.42 bits per heavy atom. The maximum Gasteiger partial charge on any atom is 0.240 e. The molecule has 1 aromatic carbocycles. The SMILES string of the molecule is NCC1CCCC1NS(=O)(=O)c1ccc(Br)c(F)c1. The molecule has 2 rings (SSSR count). The Bertz CT molecular complexity index is 565. The highest BCUT2D eigenvalue weighted by Gasteiger charge is 2.30. The Kier molecular flexibility index (Phi) is 4.60. The Morgan fingerprint density at radius 3 is 2.79 bits per heavy atom. The maximum absolute atomic E-state index is 13.4. The minimum absolute atomic E-state index is 0.0594. The van der Waals surface area contributed by atoms with E-state index >= 15 is 0 Å². The van der Waals surface area contributed by atoms with Gasteiger partial charge in [-0.1, -0.05) is 6.42 Å². The molecule has 1 aromatic rings. The third kappa shape index (κ3) is 3.34. The number of benzene rings is 1. The van der Waals surface area contributed by atoms with Gasteiger partial charge in [-0.25, -0.2) is 17.5 Å². The molecule has 1 fully saturated rings. The second-order valence-corrected chi connectivity index (χ2v) is 7.30. The third-order valence-electron chi connectivity index (χ3n) is 3.47. The molecule has 0 amide bonds. The Morgan fingerprint density at radius 2 is 2.16 bits per heavy atom. The highest BCUT2D eigenvalue weighted by Crippen LogP contribution is 2.27. The average Bonchev–Trinajstić information content (AvgIpc) is 2.79. The number of sulfonamides is 1. The summed E-state index contributed by atoms with van der Waals surface area (Å²) in [6.07, 6.45) is 2.67. The van der Waals surface area contributed by atoms with E-state index in [1.807, 2.05) is 0 Å². The van der Waals surface area contributed by atoms with Crippen molar-refractivity contribution in [1.82, 2.24) is 4.72 Å². The predicted octanol–water partition coefficient (Wildman–Crippen LogP) is 1.99. The summed E-state index contributed by atoms with van der Waals surface area (Å²) in [5.41, 5.74) is 5.62. The average molecular weight is 351 g/mol. The van der Waals surface area contributed by atoms with Gasteiger partial charge in [0.15, 0.2) is 0 Å². The van der Waals surface area contributed by atoms with E-state index in [-0.39, 0.29) is 21.3 Å². The largest absolute Gasteiger partial charge is 0.330 e. The normalized spacial score (nSPS) is 23.7. The Balaban J connectivity index is 2.20. The first kappa shape index (κ1) is 14.9. The summed E-state index contributed by atoms with van der Waals surface area (Å²) in [6, 6.07) is 3.63. The molecule has 7 heteroatoms. The van der Waals surface area contributed by atoms with Crippen molar-refractivity contribution >= 4 is 26.0 Å². The van der Waals surface area contributed by atoms with Crippen molar-refractivity contribution in [3.63, 3.8) is 0 Å². The fraction of sp³-hybridized carbons (Fsp3) is 0.500. The summed E-state index contributed by atoms with van der Waals surface area (Å²) >= 11 is 3.00. The van der Waals surface area contributed by atoms with Crippen LogP contribution in [0.4, 0.5) is 4.39 Å². The van der Waals surface area contributed by atoms with E-state index in [1.54, 1.807) is 0 Å². The third-order valence-corrected chi connectivity index (χ3v) is 5.60. The number of hydrogen-bond acceptors (Lipinski definition) is 3. The standard InChI is InChI=1S/C12H16BrFN2O2S/c13-10-5-4-9(6-11(10)14)19(17,18)16-12-3-1-2-8(12)7-15/h4-6,8,12,16H,1-3,7,15H2. The van der Waals surface area contributed by atoms with Gasteiger partial charge in [-0.2, -0.15) is 0 Å². The first-order chi connectivity index (χ1) is 8.94. The van der Waals surface area contributed by atoms with Crippen molar-refractivity contribution < 1.29 is 12.8 Å². The van der Waals surface area contributed by atoms with Crippen LogP contribution in [0.2, 0.25) is 0 Å². The summed E-state index contributed by atoms with van der Waals surface area (Å²) in [4.78, 5) is -0.0594. The number of nitrogens with one attached hydrogen (secondary N) is 1. The van der Waals surface area contributed by atoms with E-state index in [9.17, 15) is 12.8 Å². The van der Waals surface area contributed by atoms with Gasteiger partial charge in [-0.05, 0) is 59.4 Å². The minimum atomic E-state index is -3.69. The number of nitrogens with two attached hydrogens (primary N) is 1. The molecule has 2 atom stereocenters. The molecule has 0 saturated heterocycles. The van der Waals surface area contributed by atoms with E-state index in [1.165, 1.54) is 12.1 Å². The highest BCUT2D eigenvalue weighted by atomic mass is 79.9. The lowest BCUT2D eigenvalue weighted by molar-refractivity contribution is 0.452. The summed E-state index contributed by atoms with van der Waals surface area (Å²) in [5.74, 6) is -0.431. The lowest BCUT2D eigenvalue weighted by Crippen LogP contribution is -2.39. The monoisotopic (exact) mass is 350 g/mol. The molecule has 1 aliphatic rings. The van der Waals surface area contributed by atoms with Gasteiger partial charge >= 0.3 is 0 Å². The second kappa shape index (κ2) is 5.87. The lowest BCUT2D eigenvalue weighted by atomic mass is 10.1. The van der Waals surface area contributed by atoms with Crippen molar-refractivity contribution in [3.05, 3.63) is 28.5 Å². The molecular formula is C12H16BrFN2O2S. The first-order valence-electron chi connectivity index (χ1n) is 6.11. The highest BCUT2D eigenvalue weighted by molar-refractivity contribution is 9.10. The fourth-order valence-corrected chi connectivity index (χ4v) is 3.98. The summed E-state index contributed by atoms with van der Waals surface area (Å²) in [7, 11) is -3.69. The number of hydrogen-bond donors (Lipinski definition) is 2. The van der Waals surface area contributed by atoms with E-state index < -0.39 is 15.8 Å². The maximum atomic E-state index is 13.4. The van der Waals surface area contributed by atoms with Gasteiger partial charge in [-0.3, -0.25) is 0 Å². The molecule has 1 saturated carbocycles. The topological polar surface area (TPSA) is 72.2 Å². The smallest absolute Gasteiger partial charge is 0.240 e. The van der Waals surface area contributed by atoms with Crippen LogP contribution in [-0.4, -0.2) is 21.0 Å². The van der Waals surface area contributed by atoms with Crippen molar-refractivity contribution in [1.29, 1.82) is 0 Å². The van der Waals surface area contributed by atoms with Gasteiger partial charge in [0, 0.05) is 6.04 Å². The van der Waals surface area contributed by atoms with Gasteiger partial charge in [0.2, 0.25) is 10.0 Å². The van der Waals surface area contributed by atoms with E-state index in [0.717, 1.165) is 25.3 Å². The predicted molar refractivity (Wildman–Crippen MR) is 74.6 cm³/mol. The number of halogens is 2. The van der Waals surface area contributed by atoms with Crippen LogP contribution in [0.15, 0.2) is 27.6 Å². The van der Waals surface area contributed by atoms with Gasteiger partial charge < -0.3 is 5.73 Å². The summed E-state index contributed by atoms with van der Waals surface area (Å²) in [6.45, 7) is 0.460. The quantitative estimate of drug-likeness (QED) is 0.872. The van der Waals surface area contributed by atoms with Gasteiger partial charge in [0.25, 0.3) is 0 Å². The van der Waals surface area contributed by atoms with E-state index in [4.69, 9.17) is 5.73 Å². The molecule has 106 valence electrons. The molecule has 19 heavy (non-hydrogen) atoms. The molecule has 0 bridgehead atoms. The fourth-order valence-electron chi connectivity index (χ4n) is 2.39. The minimum Gasteiger partial charge on any atom is -0.330 e. The van der Waals surface area contributed by atoms with Crippen LogP contribution in [0.1, 0.15) is 19.3 Å². The zero-order chi connectivity index (χ0) is 14.0. The van der Waals surface area contributed by atoms with Gasteiger partial charge in [0.1, 0.15) is 5.82 Å². The van der Waals surface area contributed by atoms with Crippen LogP contribution in [0.3, 0.4) is 0 Å². The Labute approximate surface area is 120 Å². The molecule has 1 aliphatic carbocycles. The van der Waals surface area contributed by atoms with Crippen LogP contribution in [0, 0.1) is 11.7 Å². The molecule has 3 N–H and O–H groups in total. The molecule has 2 unspecified atom stereocenters. The van der Waals surface area contributed by atoms with E-state index in [2.05, 4.69) is 20.7 Å².